The molecule has 1 aromatic carbocycles. The Kier molecular flexibility index (Phi) is 3.08. The summed E-state index contributed by atoms with van der Waals surface area (Å²) in [4.78, 5) is -0.565. The normalized spacial score (nSPS) is 11.5. The van der Waals surface area contributed by atoms with Gasteiger partial charge in [0.1, 0.15) is 0 Å². The zero-order valence-electron chi connectivity index (χ0n) is 6.08. The van der Waals surface area contributed by atoms with Crippen molar-refractivity contribution in [2.45, 2.75) is 6.92 Å². The van der Waals surface area contributed by atoms with Crippen LogP contribution in [0, 0.1) is 6.92 Å². The Labute approximate surface area is 80.7 Å². The van der Waals surface area contributed by atoms with E-state index in [1.165, 1.54) is 0 Å². The number of phenols is 1. The molecule has 1 atom stereocenters. The van der Waals surface area contributed by atoms with Crippen molar-refractivity contribution in [3.05, 3.63) is 23.8 Å². The SMILES string of the molecule is B#P(I)c1ccc(O)c(C)c1. The Hall–Kier alpha value is 0.115. The van der Waals surface area contributed by atoms with Crippen molar-refractivity contribution < 1.29 is 5.11 Å². The van der Waals surface area contributed by atoms with Crippen LogP contribution in [0.1, 0.15) is 5.56 Å². The molecule has 1 nitrogen and oxygen atoms in total. The third-order valence-corrected chi connectivity index (χ3v) is 3.87. The average molecular weight is 276 g/mol. The third kappa shape index (κ3) is 2.27. The molecule has 1 rings (SSSR count). The Morgan fingerprint density at radius 2 is 2.18 bits per heavy atom. The summed E-state index contributed by atoms with van der Waals surface area (Å²) in [6.45, 7) is 1.87. The van der Waals surface area contributed by atoms with Gasteiger partial charge in [0.15, 0.2) is 0 Å². The average Bonchev–Trinajstić information content (AvgIpc) is 1.94. The van der Waals surface area contributed by atoms with E-state index in [1.54, 1.807) is 6.07 Å². The van der Waals surface area contributed by atoms with Crippen LogP contribution in [-0.4, -0.2) is 12.1 Å². The summed E-state index contributed by atoms with van der Waals surface area (Å²) in [6, 6.07) is 5.47. The molecule has 0 radical (unpaired) electrons. The molecule has 56 valence electrons. The van der Waals surface area contributed by atoms with Crippen molar-refractivity contribution in [1.82, 2.24) is 0 Å². The summed E-state index contributed by atoms with van der Waals surface area (Å²) in [7, 11) is 5.70. The number of rotatable bonds is 0. The van der Waals surface area contributed by atoms with Crippen molar-refractivity contribution >= 4 is 39.2 Å². The molecular weight excluding hydrogens is 269 g/mol. The Morgan fingerprint density at radius 1 is 1.55 bits per heavy atom. The van der Waals surface area contributed by atoms with Gasteiger partial charge in [-0.1, -0.05) is 0 Å². The quantitative estimate of drug-likeness (QED) is 0.437. The zero-order chi connectivity index (χ0) is 8.43. The van der Waals surface area contributed by atoms with Crippen LogP contribution in [0.25, 0.3) is 0 Å². The fourth-order valence-electron chi connectivity index (χ4n) is 0.773. The van der Waals surface area contributed by atoms with Crippen LogP contribution in [0.3, 0.4) is 0 Å². The third-order valence-electron chi connectivity index (χ3n) is 1.43. The maximum absolute atomic E-state index is 9.19. The second kappa shape index (κ2) is 3.68. The van der Waals surface area contributed by atoms with Gasteiger partial charge in [-0.05, 0) is 0 Å². The van der Waals surface area contributed by atoms with E-state index in [0.29, 0.717) is 5.75 Å². The first kappa shape index (κ1) is 9.20. The number of halogens is 1. The molecule has 1 unspecified atom stereocenters. The monoisotopic (exact) mass is 276 g/mol. The predicted octanol–water partition coefficient (Wildman–Crippen LogP) is 2.24. The number of aryl methyl sites for hydroxylation is 1. The van der Waals surface area contributed by atoms with Gasteiger partial charge < -0.3 is 0 Å². The van der Waals surface area contributed by atoms with Crippen molar-refractivity contribution in [2.24, 2.45) is 0 Å². The van der Waals surface area contributed by atoms with E-state index < -0.39 is 4.88 Å². The first-order valence-corrected chi connectivity index (χ1v) is 7.31. The molecule has 0 spiro atoms. The van der Waals surface area contributed by atoms with Gasteiger partial charge in [-0.2, -0.15) is 0 Å². The summed E-state index contributed by atoms with van der Waals surface area (Å²) in [5, 5.41) is 10.3. The molecule has 0 bridgehead atoms. The fourth-order valence-corrected chi connectivity index (χ4v) is 2.21. The van der Waals surface area contributed by atoms with Gasteiger partial charge >= 0.3 is 80.8 Å². The first-order valence-electron chi connectivity index (χ1n) is 3.11. The minimum atomic E-state index is -0.565. The molecular formula is C7H7BIOP. The maximum atomic E-state index is 9.19. The van der Waals surface area contributed by atoms with Gasteiger partial charge in [-0.15, -0.1) is 0 Å². The van der Waals surface area contributed by atoms with Crippen LogP contribution in [0.5, 0.6) is 5.75 Å². The van der Waals surface area contributed by atoms with Gasteiger partial charge in [0.05, 0.1) is 0 Å². The van der Waals surface area contributed by atoms with Gasteiger partial charge in [0.25, 0.3) is 0 Å². The summed E-state index contributed by atoms with van der Waals surface area (Å²) < 4.78 is 0. The molecule has 0 aromatic heterocycles. The molecule has 0 saturated carbocycles. The molecule has 0 aliphatic rings. The zero-order valence-corrected chi connectivity index (χ0v) is 9.13. The molecule has 0 fully saturated rings. The van der Waals surface area contributed by atoms with E-state index in [2.05, 4.69) is 22.0 Å². The Balaban J connectivity index is 3.19. The topological polar surface area (TPSA) is 20.2 Å². The fraction of sp³-hybridized carbons (Fsp3) is 0.143. The summed E-state index contributed by atoms with van der Waals surface area (Å²) in [5.41, 5.74) is 0.886. The molecule has 4 heteroatoms. The van der Waals surface area contributed by atoms with Crippen LogP contribution in [-0.2, 0) is 0 Å². The molecule has 0 aliphatic carbocycles. The summed E-state index contributed by atoms with van der Waals surface area (Å²) in [5.74, 6) is 0.335. The summed E-state index contributed by atoms with van der Waals surface area (Å²) >= 11 is 2.20. The molecule has 1 aromatic rings. The molecule has 0 saturated heterocycles. The Morgan fingerprint density at radius 3 is 2.64 bits per heavy atom. The molecule has 0 aliphatic heterocycles. The number of aromatic hydroxyl groups is 1. The van der Waals surface area contributed by atoms with Gasteiger partial charge in [-0.3, -0.25) is 0 Å². The summed E-state index contributed by atoms with van der Waals surface area (Å²) in [6.07, 6.45) is 0. The molecule has 11 heavy (non-hydrogen) atoms. The molecule has 0 amide bonds. The van der Waals surface area contributed by atoms with Crippen LogP contribution in [0.2, 0.25) is 0 Å². The first-order chi connectivity index (χ1) is 5.11. The van der Waals surface area contributed by atoms with Gasteiger partial charge in [0, 0.05) is 0 Å². The standard InChI is InChI=1S/C7H7BIOP/c1-5-4-6(11(8)9)2-3-7(5)10/h2-4,10H,1H3. The van der Waals surface area contributed by atoms with Gasteiger partial charge in [-0.25, -0.2) is 0 Å². The Bertz CT molecular complexity index is 342. The van der Waals surface area contributed by atoms with Crippen LogP contribution >= 0.6 is 26.9 Å². The van der Waals surface area contributed by atoms with E-state index in [0.717, 1.165) is 10.9 Å². The van der Waals surface area contributed by atoms with E-state index >= 15 is 0 Å². The van der Waals surface area contributed by atoms with Crippen molar-refractivity contribution in [2.75, 3.05) is 0 Å². The number of phenolic OH excluding ortho intramolecular Hbond substituents is 1. The number of hydrogen-bond donors (Lipinski definition) is 1. The van der Waals surface area contributed by atoms with Crippen molar-refractivity contribution in [1.29, 1.82) is 0 Å². The minimum absolute atomic E-state index is 0.335. The van der Waals surface area contributed by atoms with Crippen LogP contribution in [0.15, 0.2) is 18.2 Å². The van der Waals surface area contributed by atoms with E-state index in [-0.39, 0.29) is 0 Å². The number of benzene rings is 1. The number of hydrogen-bond acceptors (Lipinski definition) is 1. The van der Waals surface area contributed by atoms with Crippen molar-refractivity contribution in [3.63, 3.8) is 0 Å². The molecule has 0 heterocycles. The molecule has 1 N–H and O–H groups in total. The second-order valence-electron chi connectivity index (χ2n) is 2.28. The van der Waals surface area contributed by atoms with Crippen LogP contribution < -0.4 is 5.30 Å². The van der Waals surface area contributed by atoms with E-state index in [1.807, 2.05) is 19.1 Å². The van der Waals surface area contributed by atoms with Crippen LogP contribution in [0.4, 0.5) is 0 Å². The predicted molar refractivity (Wildman–Crippen MR) is 59.2 cm³/mol. The van der Waals surface area contributed by atoms with Crippen molar-refractivity contribution in [3.8, 4) is 5.75 Å². The second-order valence-corrected chi connectivity index (χ2v) is 6.54. The van der Waals surface area contributed by atoms with E-state index in [4.69, 9.17) is 7.01 Å². The van der Waals surface area contributed by atoms with Gasteiger partial charge in [0.2, 0.25) is 0 Å². The van der Waals surface area contributed by atoms with E-state index in [9.17, 15) is 5.11 Å².